The molecule has 0 saturated carbocycles. The monoisotopic (exact) mass is 292 g/mol. The van der Waals surface area contributed by atoms with Crippen LogP contribution < -0.4 is 10.1 Å². The molecular formula is C14H16N2O5. The predicted octanol–water partition coefficient (Wildman–Crippen LogP) is 1.30. The lowest BCUT2D eigenvalue weighted by molar-refractivity contribution is -0.167. The van der Waals surface area contributed by atoms with Gasteiger partial charge in [0.15, 0.2) is 6.23 Å². The van der Waals surface area contributed by atoms with Gasteiger partial charge in [0, 0.05) is 7.05 Å². The van der Waals surface area contributed by atoms with E-state index >= 15 is 0 Å². The molecule has 21 heavy (non-hydrogen) atoms. The number of benzene rings is 1. The average Bonchev–Trinajstić information content (AvgIpc) is 2.47. The van der Waals surface area contributed by atoms with Gasteiger partial charge in [-0.25, -0.2) is 14.5 Å². The van der Waals surface area contributed by atoms with Crippen LogP contribution in [0.15, 0.2) is 24.3 Å². The lowest BCUT2D eigenvalue weighted by Crippen LogP contribution is -2.67. The number of hydrogen-bond acceptors (Lipinski definition) is 4. The minimum atomic E-state index is -1.03. The summed E-state index contributed by atoms with van der Waals surface area (Å²) < 4.78 is 5.65. The number of nitrogens with zero attached hydrogens (tertiary/aromatic N) is 1. The van der Waals surface area contributed by atoms with E-state index in [1.165, 1.54) is 31.3 Å². The number of urea groups is 1. The molecule has 0 spiro atoms. The van der Waals surface area contributed by atoms with Crippen molar-refractivity contribution in [3.8, 4) is 5.75 Å². The van der Waals surface area contributed by atoms with E-state index in [1.54, 1.807) is 0 Å². The SMILES string of the molecule is CC[C@@H]1C(=O)N(C(=O)NC)[C@H]1Oc1ccc(C(=O)O)cc1. The molecule has 1 fully saturated rings. The summed E-state index contributed by atoms with van der Waals surface area (Å²) >= 11 is 0. The van der Waals surface area contributed by atoms with Gasteiger partial charge in [0.1, 0.15) is 5.75 Å². The van der Waals surface area contributed by atoms with Crippen LogP contribution in [0.2, 0.25) is 0 Å². The maximum Gasteiger partial charge on any atom is 0.335 e. The summed E-state index contributed by atoms with van der Waals surface area (Å²) in [5.41, 5.74) is 0.141. The van der Waals surface area contributed by atoms with Gasteiger partial charge in [-0.15, -0.1) is 0 Å². The molecule has 2 atom stereocenters. The van der Waals surface area contributed by atoms with Gasteiger partial charge in [-0.3, -0.25) is 4.79 Å². The Morgan fingerprint density at radius 1 is 1.33 bits per heavy atom. The Morgan fingerprint density at radius 3 is 2.43 bits per heavy atom. The number of imide groups is 1. The van der Waals surface area contributed by atoms with Crippen molar-refractivity contribution >= 4 is 17.9 Å². The van der Waals surface area contributed by atoms with Crippen LogP contribution in [0.3, 0.4) is 0 Å². The molecule has 2 rings (SSSR count). The summed E-state index contributed by atoms with van der Waals surface area (Å²) in [4.78, 5) is 35.3. The first-order chi connectivity index (χ1) is 9.99. The molecule has 1 aromatic carbocycles. The minimum absolute atomic E-state index is 0.141. The molecule has 7 nitrogen and oxygen atoms in total. The summed E-state index contributed by atoms with van der Waals surface area (Å²) in [6, 6.07) is 5.30. The first-order valence-electron chi connectivity index (χ1n) is 6.54. The fourth-order valence-corrected chi connectivity index (χ4v) is 2.19. The number of carboxylic acid groups (broad SMARTS) is 1. The Bertz CT molecular complexity index is 569. The van der Waals surface area contributed by atoms with E-state index in [4.69, 9.17) is 9.84 Å². The number of nitrogens with one attached hydrogen (secondary N) is 1. The number of carbonyl (C=O) groups is 3. The van der Waals surface area contributed by atoms with Crippen molar-refractivity contribution in [1.82, 2.24) is 10.2 Å². The zero-order valence-electron chi connectivity index (χ0n) is 11.7. The molecule has 2 N–H and O–H groups in total. The summed E-state index contributed by atoms with van der Waals surface area (Å²) in [7, 11) is 1.44. The normalized spacial score (nSPS) is 20.7. The summed E-state index contributed by atoms with van der Waals surface area (Å²) in [5, 5.41) is 11.2. The Labute approximate surface area is 121 Å². The van der Waals surface area contributed by atoms with Crippen LogP contribution in [0.4, 0.5) is 4.79 Å². The van der Waals surface area contributed by atoms with Crippen LogP contribution in [0.5, 0.6) is 5.75 Å². The quantitative estimate of drug-likeness (QED) is 0.815. The molecule has 0 aliphatic carbocycles. The number of amides is 3. The number of ether oxygens (including phenoxy) is 1. The Morgan fingerprint density at radius 2 is 1.95 bits per heavy atom. The van der Waals surface area contributed by atoms with E-state index in [9.17, 15) is 14.4 Å². The summed E-state index contributed by atoms with van der Waals surface area (Å²) in [6.45, 7) is 1.84. The summed E-state index contributed by atoms with van der Waals surface area (Å²) in [6.07, 6.45) is -0.109. The molecule has 0 radical (unpaired) electrons. The molecule has 7 heteroatoms. The molecule has 0 bridgehead atoms. The maximum absolute atomic E-state index is 11.8. The van der Waals surface area contributed by atoms with Gasteiger partial charge in [-0.2, -0.15) is 0 Å². The third-order valence-electron chi connectivity index (χ3n) is 3.38. The first kappa shape index (κ1) is 14.8. The Hall–Kier alpha value is -2.57. The highest BCUT2D eigenvalue weighted by atomic mass is 16.5. The standard InChI is InChI=1S/C14H16N2O5/c1-3-10-11(17)16(14(20)15-2)12(10)21-9-6-4-8(5-7-9)13(18)19/h4-7,10,12H,3H2,1-2H3,(H,15,20)(H,18,19)/t10-,12+/m1/s1. The van der Waals surface area contributed by atoms with Crippen LogP contribution in [0, 0.1) is 5.92 Å². The van der Waals surface area contributed by atoms with E-state index in [2.05, 4.69) is 5.32 Å². The molecule has 3 amide bonds. The smallest absolute Gasteiger partial charge is 0.335 e. The van der Waals surface area contributed by atoms with Crippen LogP contribution in [0.1, 0.15) is 23.7 Å². The molecule has 1 heterocycles. The molecule has 1 aliphatic heterocycles. The molecule has 1 aliphatic rings. The molecule has 0 unspecified atom stereocenters. The van der Waals surface area contributed by atoms with Gasteiger partial charge >= 0.3 is 12.0 Å². The number of carboxylic acids is 1. The first-order valence-corrected chi connectivity index (χ1v) is 6.54. The number of hydrogen-bond donors (Lipinski definition) is 2. The fraction of sp³-hybridized carbons (Fsp3) is 0.357. The largest absolute Gasteiger partial charge is 0.478 e. The topological polar surface area (TPSA) is 95.9 Å². The van der Waals surface area contributed by atoms with Gasteiger partial charge in [-0.05, 0) is 30.7 Å². The highest BCUT2D eigenvalue weighted by molar-refractivity contribution is 6.00. The fourth-order valence-electron chi connectivity index (χ4n) is 2.19. The Balaban J connectivity index is 2.14. The third kappa shape index (κ3) is 2.67. The highest BCUT2D eigenvalue weighted by Crippen LogP contribution is 2.31. The van der Waals surface area contributed by atoms with Crippen molar-refractivity contribution < 1.29 is 24.2 Å². The van der Waals surface area contributed by atoms with E-state index in [0.29, 0.717) is 12.2 Å². The second-order valence-electron chi connectivity index (χ2n) is 4.62. The van der Waals surface area contributed by atoms with E-state index in [0.717, 1.165) is 4.90 Å². The van der Waals surface area contributed by atoms with Crippen molar-refractivity contribution in [3.05, 3.63) is 29.8 Å². The predicted molar refractivity (Wildman–Crippen MR) is 72.9 cm³/mol. The number of β-lactam (4-membered cyclic amide) rings is 1. The van der Waals surface area contributed by atoms with Gasteiger partial charge in [0.05, 0.1) is 11.5 Å². The Kier molecular flexibility index (Phi) is 4.11. The van der Waals surface area contributed by atoms with Crippen molar-refractivity contribution in [1.29, 1.82) is 0 Å². The van der Waals surface area contributed by atoms with E-state index < -0.39 is 18.2 Å². The highest BCUT2D eigenvalue weighted by Gasteiger charge is 2.51. The van der Waals surface area contributed by atoms with Crippen molar-refractivity contribution in [2.45, 2.75) is 19.6 Å². The lowest BCUT2D eigenvalue weighted by Gasteiger charge is -2.44. The maximum atomic E-state index is 11.8. The number of aromatic carboxylic acids is 1. The van der Waals surface area contributed by atoms with Crippen LogP contribution in [-0.2, 0) is 4.79 Å². The van der Waals surface area contributed by atoms with Gasteiger partial charge in [0.2, 0.25) is 5.91 Å². The minimum Gasteiger partial charge on any atom is -0.478 e. The van der Waals surface area contributed by atoms with Gasteiger partial charge in [-0.1, -0.05) is 6.92 Å². The number of likely N-dealkylation sites (tertiary alicyclic amines) is 1. The molecule has 1 saturated heterocycles. The van der Waals surface area contributed by atoms with Crippen molar-refractivity contribution in [3.63, 3.8) is 0 Å². The van der Waals surface area contributed by atoms with Gasteiger partial charge < -0.3 is 15.2 Å². The molecule has 0 aromatic heterocycles. The summed E-state index contributed by atoms with van der Waals surface area (Å²) in [5.74, 6) is -1.27. The van der Waals surface area contributed by atoms with Gasteiger partial charge in [0.25, 0.3) is 0 Å². The van der Waals surface area contributed by atoms with Crippen LogP contribution in [-0.4, -0.2) is 41.2 Å². The third-order valence-corrected chi connectivity index (χ3v) is 3.38. The molecule has 1 aromatic rings. The van der Waals surface area contributed by atoms with E-state index in [1.807, 2.05) is 6.92 Å². The number of rotatable bonds is 4. The van der Waals surface area contributed by atoms with Crippen molar-refractivity contribution in [2.75, 3.05) is 7.05 Å². The second kappa shape index (κ2) is 5.82. The lowest BCUT2D eigenvalue weighted by atomic mass is 9.93. The average molecular weight is 292 g/mol. The second-order valence-corrected chi connectivity index (χ2v) is 4.62. The zero-order chi connectivity index (χ0) is 15.6. The molecule has 112 valence electrons. The molecular weight excluding hydrogens is 276 g/mol. The van der Waals surface area contributed by atoms with Crippen LogP contribution in [0.25, 0.3) is 0 Å². The number of carbonyl (C=O) groups excluding carboxylic acids is 2. The zero-order valence-corrected chi connectivity index (χ0v) is 11.7. The van der Waals surface area contributed by atoms with Crippen molar-refractivity contribution in [2.24, 2.45) is 5.92 Å². The van der Waals surface area contributed by atoms with Crippen LogP contribution >= 0.6 is 0 Å². The van der Waals surface area contributed by atoms with E-state index in [-0.39, 0.29) is 17.4 Å².